The van der Waals surface area contributed by atoms with Crippen LogP contribution in [0.2, 0.25) is 5.02 Å². The van der Waals surface area contributed by atoms with Crippen LogP contribution >= 0.6 is 11.6 Å². The third-order valence-corrected chi connectivity index (χ3v) is 4.40. The van der Waals surface area contributed by atoms with Gasteiger partial charge in [-0.15, -0.1) is 0 Å². The van der Waals surface area contributed by atoms with Crippen molar-refractivity contribution in [3.63, 3.8) is 0 Å². The second-order valence-electron chi connectivity index (χ2n) is 5.83. The molecule has 0 radical (unpaired) electrons. The maximum atomic E-state index is 12.7. The Kier molecular flexibility index (Phi) is 4.27. The fourth-order valence-corrected chi connectivity index (χ4v) is 2.95. The summed E-state index contributed by atoms with van der Waals surface area (Å²) in [6, 6.07) is 8.29. The number of amides is 1. The number of nitrogens with one attached hydrogen (secondary N) is 1. The summed E-state index contributed by atoms with van der Waals surface area (Å²) in [7, 11) is 0. The largest absolute Gasteiger partial charge is 0.334 e. The van der Waals surface area contributed by atoms with Crippen LogP contribution in [-0.4, -0.2) is 29.4 Å². The Morgan fingerprint density at radius 1 is 1.20 bits per heavy atom. The second-order valence-corrected chi connectivity index (χ2v) is 6.26. The van der Waals surface area contributed by atoms with Gasteiger partial charge < -0.3 is 10.2 Å². The third kappa shape index (κ3) is 3.33. The molecule has 1 aromatic carbocycles. The van der Waals surface area contributed by atoms with Crippen molar-refractivity contribution >= 4 is 17.5 Å². The molecule has 20 heavy (non-hydrogen) atoms. The number of hydrogen-bond acceptors (Lipinski definition) is 2. The summed E-state index contributed by atoms with van der Waals surface area (Å²) in [5.74, 6) is 0.280. The van der Waals surface area contributed by atoms with Crippen LogP contribution in [0.3, 0.4) is 0 Å². The van der Waals surface area contributed by atoms with E-state index < -0.39 is 0 Å². The Labute approximate surface area is 125 Å². The molecule has 1 amide bonds. The van der Waals surface area contributed by atoms with E-state index in [4.69, 9.17) is 11.6 Å². The van der Waals surface area contributed by atoms with Gasteiger partial charge in [-0.25, -0.2) is 0 Å². The van der Waals surface area contributed by atoms with E-state index in [9.17, 15) is 4.79 Å². The van der Waals surface area contributed by atoms with Gasteiger partial charge in [0.1, 0.15) is 0 Å². The fourth-order valence-electron chi connectivity index (χ4n) is 2.82. The van der Waals surface area contributed by atoms with Gasteiger partial charge in [0.05, 0.1) is 6.04 Å². The Hall–Kier alpha value is -1.06. The highest BCUT2D eigenvalue weighted by molar-refractivity contribution is 6.30. The predicted molar refractivity (Wildman–Crippen MR) is 80.7 cm³/mol. The van der Waals surface area contributed by atoms with Gasteiger partial charge in [-0.3, -0.25) is 4.79 Å². The first-order valence-corrected chi connectivity index (χ1v) is 7.90. The Morgan fingerprint density at radius 2 is 1.95 bits per heavy atom. The molecule has 1 N–H and O–H groups in total. The summed E-state index contributed by atoms with van der Waals surface area (Å²) < 4.78 is 0. The normalized spacial score (nSPS) is 22.6. The molecule has 0 aromatic heterocycles. The standard InChI is InChI=1S/C16H21ClN2O/c17-13-6-4-12(5-7-13)11-19(14-8-9-14)16(20)15-3-1-2-10-18-15/h4-7,14-15,18H,1-3,8-11H2. The minimum atomic E-state index is 0.0247. The van der Waals surface area contributed by atoms with Crippen LogP contribution in [0.25, 0.3) is 0 Å². The van der Waals surface area contributed by atoms with Gasteiger partial charge in [0, 0.05) is 17.6 Å². The van der Waals surface area contributed by atoms with E-state index in [0.717, 1.165) is 42.8 Å². The first kappa shape index (κ1) is 13.9. The van der Waals surface area contributed by atoms with Crippen LogP contribution in [0.5, 0.6) is 0 Å². The number of halogens is 1. The quantitative estimate of drug-likeness (QED) is 0.925. The molecule has 0 bridgehead atoms. The average Bonchev–Trinajstić information content (AvgIpc) is 3.31. The molecule has 2 aliphatic rings. The average molecular weight is 293 g/mol. The van der Waals surface area contributed by atoms with Gasteiger partial charge >= 0.3 is 0 Å². The summed E-state index contributed by atoms with van der Waals surface area (Å²) in [5, 5.41) is 4.11. The monoisotopic (exact) mass is 292 g/mol. The van der Waals surface area contributed by atoms with Crippen molar-refractivity contribution in [1.29, 1.82) is 0 Å². The number of rotatable bonds is 4. The van der Waals surface area contributed by atoms with Crippen molar-refractivity contribution in [2.75, 3.05) is 6.54 Å². The summed E-state index contributed by atoms with van der Waals surface area (Å²) in [6.07, 6.45) is 5.61. The number of carbonyl (C=O) groups is 1. The van der Waals surface area contributed by atoms with Crippen molar-refractivity contribution in [3.8, 4) is 0 Å². The summed E-state index contributed by atoms with van der Waals surface area (Å²) in [6.45, 7) is 1.68. The van der Waals surface area contributed by atoms with Gasteiger partial charge in [-0.05, 0) is 49.9 Å². The number of piperidine rings is 1. The lowest BCUT2D eigenvalue weighted by atomic mass is 10.0. The lowest BCUT2D eigenvalue weighted by molar-refractivity contribution is -0.135. The van der Waals surface area contributed by atoms with Gasteiger partial charge in [-0.2, -0.15) is 0 Å². The van der Waals surface area contributed by atoms with Crippen LogP contribution in [0.15, 0.2) is 24.3 Å². The highest BCUT2D eigenvalue weighted by Crippen LogP contribution is 2.30. The zero-order valence-electron chi connectivity index (χ0n) is 11.6. The van der Waals surface area contributed by atoms with E-state index in [2.05, 4.69) is 10.2 Å². The molecular weight excluding hydrogens is 272 g/mol. The number of carbonyl (C=O) groups excluding carboxylic acids is 1. The van der Waals surface area contributed by atoms with Gasteiger partial charge in [0.25, 0.3) is 0 Å². The zero-order valence-corrected chi connectivity index (χ0v) is 12.4. The molecule has 1 atom stereocenters. The van der Waals surface area contributed by atoms with Crippen molar-refractivity contribution in [2.45, 2.75) is 50.7 Å². The lowest BCUT2D eigenvalue weighted by Gasteiger charge is -2.30. The molecule has 3 rings (SSSR count). The summed E-state index contributed by atoms with van der Waals surface area (Å²) in [5.41, 5.74) is 1.16. The molecule has 108 valence electrons. The lowest BCUT2D eigenvalue weighted by Crippen LogP contribution is -2.49. The third-order valence-electron chi connectivity index (χ3n) is 4.15. The predicted octanol–water partition coefficient (Wildman–Crippen LogP) is 2.97. The molecule has 1 saturated carbocycles. The zero-order chi connectivity index (χ0) is 13.9. The minimum Gasteiger partial charge on any atom is -0.334 e. The molecule has 1 heterocycles. The SMILES string of the molecule is O=C(C1CCCCN1)N(Cc1ccc(Cl)cc1)C1CC1. The van der Waals surface area contributed by atoms with Gasteiger partial charge in [0.2, 0.25) is 5.91 Å². The first-order valence-electron chi connectivity index (χ1n) is 7.52. The van der Waals surface area contributed by atoms with E-state index in [1.165, 1.54) is 6.42 Å². The highest BCUT2D eigenvalue weighted by atomic mass is 35.5. The van der Waals surface area contributed by atoms with Crippen molar-refractivity contribution < 1.29 is 4.79 Å². The van der Waals surface area contributed by atoms with E-state index in [1.54, 1.807) is 0 Å². The molecule has 1 aromatic rings. The molecular formula is C16H21ClN2O. The van der Waals surface area contributed by atoms with Gasteiger partial charge in [0.15, 0.2) is 0 Å². The first-order chi connectivity index (χ1) is 9.74. The number of benzene rings is 1. The van der Waals surface area contributed by atoms with Crippen LogP contribution in [0.4, 0.5) is 0 Å². The van der Waals surface area contributed by atoms with Crippen LogP contribution in [0, 0.1) is 0 Å². The smallest absolute Gasteiger partial charge is 0.240 e. The molecule has 1 aliphatic heterocycles. The molecule has 1 aliphatic carbocycles. The van der Waals surface area contributed by atoms with E-state index in [0.29, 0.717) is 12.6 Å². The topological polar surface area (TPSA) is 32.3 Å². The van der Waals surface area contributed by atoms with E-state index >= 15 is 0 Å². The maximum Gasteiger partial charge on any atom is 0.240 e. The molecule has 1 unspecified atom stereocenters. The van der Waals surface area contributed by atoms with Crippen molar-refractivity contribution in [3.05, 3.63) is 34.9 Å². The molecule has 2 fully saturated rings. The number of nitrogens with zero attached hydrogens (tertiary/aromatic N) is 1. The fraction of sp³-hybridized carbons (Fsp3) is 0.562. The molecule has 0 spiro atoms. The second kappa shape index (κ2) is 6.15. The Balaban J connectivity index is 1.68. The Bertz CT molecular complexity index is 464. The van der Waals surface area contributed by atoms with Crippen LogP contribution in [-0.2, 0) is 11.3 Å². The molecule has 4 heteroatoms. The van der Waals surface area contributed by atoms with Crippen molar-refractivity contribution in [1.82, 2.24) is 10.2 Å². The molecule has 3 nitrogen and oxygen atoms in total. The van der Waals surface area contributed by atoms with Crippen LogP contribution < -0.4 is 5.32 Å². The van der Waals surface area contributed by atoms with Crippen molar-refractivity contribution in [2.24, 2.45) is 0 Å². The van der Waals surface area contributed by atoms with E-state index in [1.807, 2.05) is 24.3 Å². The summed E-state index contributed by atoms with van der Waals surface area (Å²) in [4.78, 5) is 14.8. The Morgan fingerprint density at radius 3 is 2.55 bits per heavy atom. The molecule has 1 saturated heterocycles. The van der Waals surface area contributed by atoms with Gasteiger partial charge in [-0.1, -0.05) is 30.2 Å². The maximum absolute atomic E-state index is 12.7. The highest BCUT2D eigenvalue weighted by Gasteiger charge is 2.36. The summed E-state index contributed by atoms with van der Waals surface area (Å²) >= 11 is 5.92. The number of hydrogen-bond donors (Lipinski definition) is 1. The van der Waals surface area contributed by atoms with Crippen LogP contribution in [0.1, 0.15) is 37.7 Å². The van der Waals surface area contributed by atoms with E-state index in [-0.39, 0.29) is 11.9 Å². The minimum absolute atomic E-state index is 0.0247.